The van der Waals surface area contributed by atoms with Crippen molar-refractivity contribution in [2.75, 3.05) is 33.2 Å². The molecule has 1 amide bonds. The van der Waals surface area contributed by atoms with Crippen LogP contribution in [-0.2, 0) is 4.79 Å². The zero-order chi connectivity index (χ0) is 8.27. The van der Waals surface area contributed by atoms with Crippen LogP contribution in [0.3, 0.4) is 0 Å². The normalized spacial score (nSPS) is 22.0. The Morgan fingerprint density at radius 3 is 2.82 bits per heavy atom. The van der Waals surface area contributed by atoms with Crippen LogP contribution in [0.1, 0.15) is 6.42 Å². The van der Waals surface area contributed by atoms with Crippen molar-refractivity contribution < 1.29 is 4.79 Å². The molecule has 3 heteroatoms. The van der Waals surface area contributed by atoms with Crippen LogP contribution < -0.4 is 0 Å². The third-order valence-electron chi connectivity index (χ3n) is 2.14. The fourth-order valence-corrected chi connectivity index (χ4v) is 1.20. The maximum absolute atomic E-state index is 11.2. The van der Waals surface area contributed by atoms with Gasteiger partial charge in [-0.15, -0.1) is 0 Å². The van der Waals surface area contributed by atoms with E-state index in [-0.39, 0.29) is 5.91 Å². The van der Waals surface area contributed by atoms with Crippen LogP contribution in [0.4, 0.5) is 0 Å². The van der Waals surface area contributed by atoms with Crippen LogP contribution in [0, 0.1) is 6.92 Å². The third kappa shape index (κ3) is 2.19. The van der Waals surface area contributed by atoms with Crippen molar-refractivity contribution >= 4 is 5.91 Å². The molecule has 3 nitrogen and oxygen atoms in total. The summed E-state index contributed by atoms with van der Waals surface area (Å²) in [6.45, 7) is 7.28. The maximum Gasteiger partial charge on any atom is 0.223 e. The molecule has 1 rings (SSSR count). The van der Waals surface area contributed by atoms with Gasteiger partial charge >= 0.3 is 0 Å². The molecule has 1 aliphatic rings. The van der Waals surface area contributed by atoms with Crippen LogP contribution in [0.2, 0.25) is 0 Å². The molecule has 63 valence electrons. The van der Waals surface area contributed by atoms with Gasteiger partial charge in [0.15, 0.2) is 0 Å². The van der Waals surface area contributed by atoms with E-state index in [9.17, 15) is 4.79 Å². The summed E-state index contributed by atoms with van der Waals surface area (Å²) in [7, 11) is 1.86. The van der Waals surface area contributed by atoms with Crippen LogP contribution in [0.5, 0.6) is 0 Å². The molecule has 0 aromatic heterocycles. The van der Waals surface area contributed by atoms with Gasteiger partial charge in [0, 0.05) is 33.1 Å². The summed E-state index contributed by atoms with van der Waals surface area (Å²) in [6.07, 6.45) is 0.645. The topological polar surface area (TPSA) is 23.6 Å². The number of carbonyl (C=O) groups excluding carboxylic acids is 1. The lowest BCUT2D eigenvalue weighted by Crippen LogP contribution is -2.29. The zero-order valence-corrected chi connectivity index (χ0v) is 7.05. The molecule has 0 spiro atoms. The monoisotopic (exact) mass is 155 g/mol. The summed E-state index contributed by atoms with van der Waals surface area (Å²) in [5.74, 6) is 0.251. The Bertz CT molecular complexity index is 147. The zero-order valence-electron chi connectivity index (χ0n) is 7.05. The van der Waals surface area contributed by atoms with E-state index in [2.05, 4.69) is 11.8 Å². The molecular formula is C8H15N2O. The SMILES string of the molecule is [CH2]CN1CCC(=O)N(C)CC1. The first-order chi connectivity index (χ1) is 5.24. The minimum atomic E-state index is 0.251. The Kier molecular flexibility index (Phi) is 2.88. The average molecular weight is 155 g/mol. The highest BCUT2D eigenvalue weighted by Gasteiger charge is 2.15. The predicted molar refractivity (Wildman–Crippen MR) is 44.1 cm³/mol. The van der Waals surface area contributed by atoms with Crippen molar-refractivity contribution in [2.24, 2.45) is 0 Å². The summed E-state index contributed by atoms with van der Waals surface area (Å²) in [6, 6.07) is 0. The van der Waals surface area contributed by atoms with E-state index in [1.165, 1.54) is 0 Å². The fourth-order valence-electron chi connectivity index (χ4n) is 1.20. The standard InChI is InChI=1S/C8H15N2O/c1-3-10-5-4-8(11)9(2)6-7-10/h1,3-7H2,2H3. The molecule has 0 unspecified atom stereocenters. The third-order valence-corrected chi connectivity index (χ3v) is 2.14. The van der Waals surface area contributed by atoms with Crippen molar-refractivity contribution in [3.05, 3.63) is 6.92 Å². The first-order valence-corrected chi connectivity index (χ1v) is 3.99. The van der Waals surface area contributed by atoms with Gasteiger partial charge in [-0.05, 0) is 13.5 Å². The van der Waals surface area contributed by atoms with E-state index in [1.807, 2.05) is 7.05 Å². The molecule has 11 heavy (non-hydrogen) atoms. The average Bonchev–Trinajstić information content (AvgIpc) is 2.16. The van der Waals surface area contributed by atoms with Gasteiger partial charge < -0.3 is 9.80 Å². The van der Waals surface area contributed by atoms with E-state index in [1.54, 1.807) is 4.90 Å². The quantitative estimate of drug-likeness (QED) is 0.531. The fraction of sp³-hybridized carbons (Fsp3) is 0.750. The van der Waals surface area contributed by atoms with Gasteiger partial charge in [0.25, 0.3) is 0 Å². The summed E-state index contributed by atoms with van der Waals surface area (Å²) < 4.78 is 0. The number of hydrogen-bond donors (Lipinski definition) is 0. The first-order valence-electron chi connectivity index (χ1n) is 3.99. The van der Waals surface area contributed by atoms with Gasteiger partial charge in [-0.3, -0.25) is 4.79 Å². The second-order valence-corrected chi connectivity index (χ2v) is 2.91. The van der Waals surface area contributed by atoms with Gasteiger partial charge in [0.1, 0.15) is 0 Å². The van der Waals surface area contributed by atoms with Gasteiger partial charge in [-0.25, -0.2) is 0 Å². The van der Waals surface area contributed by atoms with E-state index in [0.29, 0.717) is 6.42 Å². The van der Waals surface area contributed by atoms with E-state index < -0.39 is 0 Å². The van der Waals surface area contributed by atoms with E-state index >= 15 is 0 Å². The van der Waals surface area contributed by atoms with Gasteiger partial charge in [-0.2, -0.15) is 0 Å². The summed E-state index contributed by atoms with van der Waals surface area (Å²) in [5, 5.41) is 0. The molecule has 0 saturated carbocycles. The lowest BCUT2D eigenvalue weighted by Gasteiger charge is -2.16. The number of carbonyl (C=O) groups is 1. The van der Waals surface area contributed by atoms with Crippen molar-refractivity contribution in [2.45, 2.75) is 6.42 Å². The molecule has 1 saturated heterocycles. The summed E-state index contributed by atoms with van der Waals surface area (Å²) >= 11 is 0. The molecule has 0 aliphatic carbocycles. The maximum atomic E-state index is 11.2. The van der Waals surface area contributed by atoms with Crippen LogP contribution in [-0.4, -0.2) is 48.9 Å². The predicted octanol–water partition coefficient (Wildman–Crippen LogP) is -0.0154. The van der Waals surface area contributed by atoms with Crippen LogP contribution in [0.15, 0.2) is 0 Å². The van der Waals surface area contributed by atoms with Crippen molar-refractivity contribution in [1.82, 2.24) is 9.80 Å². The van der Waals surface area contributed by atoms with Crippen molar-refractivity contribution in [3.63, 3.8) is 0 Å². The Morgan fingerprint density at radius 2 is 2.18 bits per heavy atom. The Balaban J connectivity index is 2.44. The second kappa shape index (κ2) is 3.72. The molecule has 0 bridgehead atoms. The van der Waals surface area contributed by atoms with Crippen LogP contribution in [0.25, 0.3) is 0 Å². The van der Waals surface area contributed by atoms with Gasteiger partial charge in [-0.1, -0.05) is 0 Å². The molecule has 1 aliphatic heterocycles. The Labute approximate surface area is 68.0 Å². The minimum Gasteiger partial charge on any atom is -0.344 e. The molecule has 1 fully saturated rings. The molecule has 1 heterocycles. The van der Waals surface area contributed by atoms with E-state index in [4.69, 9.17) is 0 Å². The highest BCUT2D eigenvalue weighted by atomic mass is 16.2. The summed E-state index contributed by atoms with van der Waals surface area (Å²) in [4.78, 5) is 15.1. The molecule has 0 aromatic carbocycles. The number of amides is 1. The highest BCUT2D eigenvalue weighted by Crippen LogP contribution is 2.01. The highest BCUT2D eigenvalue weighted by molar-refractivity contribution is 5.76. The van der Waals surface area contributed by atoms with Crippen molar-refractivity contribution in [3.8, 4) is 0 Å². The first kappa shape index (κ1) is 8.53. The number of rotatable bonds is 1. The number of likely N-dealkylation sites (N-methyl/N-ethyl adjacent to an activating group) is 1. The lowest BCUT2D eigenvalue weighted by atomic mass is 10.4. The molecule has 1 radical (unpaired) electrons. The lowest BCUT2D eigenvalue weighted by molar-refractivity contribution is -0.129. The second-order valence-electron chi connectivity index (χ2n) is 2.91. The van der Waals surface area contributed by atoms with Gasteiger partial charge in [0.2, 0.25) is 5.91 Å². The smallest absolute Gasteiger partial charge is 0.223 e. The molecule has 0 atom stereocenters. The number of nitrogens with zero attached hydrogens (tertiary/aromatic N) is 2. The van der Waals surface area contributed by atoms with Crippen molar-refractivity contribution in [1.29, 1.82) is 0 Å². The molecule has 0 aromatic rings. The Morgan fingerprint density at radius 1 is 1.45 bits per heavy atom. The molecular weight excluding hydrogens is 140 g/mol. The van der Waals surface area contributed by atoms with E-state index in [0.717, 1.165) is 26.2 Å². The minimum absolute atomic E-state index is 0.251. The van der Waals surface area contributed by atoms with Crippen LogP contribution >= 0.6 is 0 Å². The van der Waals surface area contributed by atoms with Gasteiger partial charge in [0.05, 0.1) is 0 Å². The molecule has 0 N–H and O–H groups in total. The Hall–Kier alpha value is -0.570. The summed E-state index contributed by atoms with van der Waals surface area (Å²) in [5.41, 5.74) is 0. The number of hydrogen-bond acceptors (Lipinski definition) is 2. The largest absolute Gasteiger partial charge is 0.344 e.